The highest BCUT2D eigenvalue weighted by Gasteiger charge is 2.46. The van der Waals surface area contributed by atoms with Gasteiger partial charge in [-0.25, -0.2) is 0 Å². The number of piperidine rings is 1. The molecule has 3 amide bonds. The zero-order valence-corrected chi connectivity index (χ0v) is 20.2. The molecule has 0 radical (unpaired) electrons. The Kier molecular flexibility index (Phi) is 6.05. The Morgan fingerprint density at radius 2 is 1.86 bits per heavy atom. The summed E-state index contributed by atoms with van der Waals surface area (Å²) in [6.07, 6.45) is 10.2. The van der Waals surface area contributed by atoms with Gasteiger partial charge in [-0.3, -0.25) is 19.7 Å². The van der Waals surface area contributed by atoms with E-state index in [1.54, 1.807) is 4.90 Å². The van der Waals surface area contributed by atoms with E-state index < -0.39 is 6.04 Å². The summed E-state index contributed by atoms with van der Waals surface area (Å²) in [5.41, 5.74) is 2.01. The lowest BCUT2D eigenvalue weighted by Crippen LogP contribution is -2.57. The number of nitrogens with one attached hydrogen (secondary N) is 2. The number of hydrogen-bond donors (Lipinski definition) is 2. The van der Waals surface area contributed by atoms with Gasteiger partial charge >= 0.3 is 0 Å². The molecule has 3 unspecified atom stereocenters. The Morgan fingerprint density at radius 3 is 2.66 bits per heavy atom. The molecule has 6 rings (SSSR count). The standard InChI is InChI=1S/C27H35N3O5/c31-24-8-7-22(25(32)29-24)30-16-17-13-19(5-6-20(17)26(30)33)35-23-4-2-1-3-21(23)28-18-14-27(15-18)9-11-34-12-10-27/h5-6,13,18,21-23,28H,1-4,7-12,14-16H2,(H,29,31,32). The molecule has 2 N–H and O–H groups in total. The number of carbonyl (C=O) groups excluding carboxylic acids is 3. The van der Waals surface area contributed by atoms with Crippen molar-refractivity contribution in [1.29, 1.82) is 0 Å². The van der Waals surface area contributed by atoms with E-state index in [9.17, 15) is 14.4 Å². The maximum Gasteiger partial charge on any atom is 0.255 e. The minimum Gasteiger partial charge on any atom is -0.489 e. The summed E-state index contributed by atoms with van der Waals surface area (Å²) in [6, 6.07) is 6.00. The van der Waals surface area contributed by atoms with Crippen LogP contribution in [0.1, 0.15) is 80.1 Å². The molecule has 0 aromatic heterocycles. The number of benzene rings is 1. The lowest BCUT2D eigenvalue weighted by atomic mass is 9.61. The lowest BCUT2D eigenvalue weighted by Gasteiger charge is -2.52. The first-order chi connectivity index (χ1) is 17.0. The predicted molar refractivity (Wildman–Crippen MR) is 128 cm³/mol. The summed E-state index contributed by atoms with van der Waals surface area (Å²) in [5, 5.41) is 6.27. The number of imide groups is 1. The zero-order valence-electron chi connectivity index (χ0n) is 20.2. The summed E-state index contributed by atoms with van der Waals surface area (Å²) < 4.78 is 12.1. The van der Waals surface area contributed by atoms with E-state index in [1.165, 1.54) is 38.5 Å². The molecule has 1 aromatic rings. The van der Waals surface area contributed by atoms with E-state index >= 15 is 0 Å². The molecule has 3 atom stereocenters. The Balaban J connectivity index is 1.09. The summed E-state index contributed by atoms with van der Waals surface area (Å²) in [4.78, 5) is 38.4. The molecule has 8 nitrogen and oxygen atoms in total. The van der Waals surface area contributed by atoms with Gasteiger partial charge in [-0.15, -0.1) is 0 Å². The first-order valence-electron chi connectivity index (χ1n) is 13.3. The smallest absolute Gasteiger partial charge is 0.255 e. The fourth-order valence-electron chi connectivity index (χ4n) is 6.85. The van der Waals surface area contributed by atoms with Crippen molar-refractivity contribution in [1.82, 2.24) is 15.5 Å². The molecule has 4 fully saturated rings. The maximum absolute atomic E-state index is 13.0. The van der Waals surface area contributed by atoms with Crippen LogP contribution in [-0.4, -0.2) is 60.1 Å². The summed E-state index contributed by atoms with van der Waals surface area (Å²) >= 11 is 0. The van der Waals surface area contributed by atoms with Crippen LogP contribution in [0.3, 0.4) is 0 Å². The van der Waals surface area contributed by atoms with E-state index in [0.717, 1.165) is 37.4 Å². The average Bonchev–Trinajstić information content (AvgIpc) is 3.15. The molecule has 3 aliphatic heterocycles. The molecule has 1 aromatic carbocycles. The van der Waals surface area contributed by atoms with E-state index in [2.05, 4.69) is 10.6 Å². The second kappa shape index (κ2) is 9.21. The van der Waals surface area contributed by atoms with Crippen molar-refractivity contribution in [3.8, 4) is 5.75 Å². The third kappa shape index (κ3) is 4.47. The van der Waals surface area contributed by atoms with Gasteiger partial charge in [0.2, 0.25) is 11.8 Å². The Morgan fingerprint density at radius 1 is 1.06 bits per heavy atom. The molecule has 0 bridgehead atoms. The zero-order chi connectivity index (χ0) is 24.0. The molecule has 5 aliphatic rings. The third-order valence-electron chi connectivity index (χ3n) is 8.85. The van der Waals surface area contributed by atoms with Crippen LogP contribution >= 0.6 is 0 Å². The number of rotatable bonds is 5. The number of carbonyl (C=O) groups is 3. The quantitative estimate of drug-likeness (QED) is 0.628. The van der Waals surface area contributed by atoms with Gasteiger partial charge in [0, 0.05) is 43.8 Å². The van der Waals surface area contributed by atoms with Crippen molar-refractivity contribution >= 4 is 17.7 Å². The number of nitrogens with zero attached hydrogens (tertiary/aromatic N) is 1. The van der Waals surface area contributed by atoms with Crippen LogP contribution in [-0.2, 0) is 20.9 Å². The molecule has 2 saturated carbocycles. The fourth-order valence-corrected chi connectivity index (χ4v) is 6.85. The van der Waals surface area contributed by atoms with Crippen LogP contribution in [0.25, 0.3) is 0 Å². The normalized spacial score (nSPS) is 30.7. The van der Waals surface area contributed by atoms with Gasteiger partial charge < -0.3 is 19.7 Å². The van der Waals surface area contributed by atoms with E-state index in [0.29, 0.717) is 36.0 Å². The van der Waals surface area contributed by atoms with Crippen molar-refractivity contribution < 1.29 is 23.9 Å². The molecular formula is C27H35N3O5. The lowest BCUT2D eigenvalue weighted by molar-refractivity contribution is -0.136. The third-order valence-corrected chi connectivity index (χ3v) is 8.85. The van der Waals surface area contributed by atoms with Crippen molar-refractivity contribution in [3.63, 3.8) is 0 Å². The number of ether oxygens (including phenoxy) is 2. The van der Waals surface area contributed by atoms with Crippen LogP contribution in [0.4, 0.5) is 0 Å². The molecule has 35 heavy (non-hydrogen) atoms. The summed E-state index contributed by atoms with van der Waals surface area (Å²) in [5.74, 6) is -0.0136. The highest BCUT2D eigenvalue weighted by Crippen LogP contribution is 2.49. The van der Waals surface area contributed by atoms with E-state index in [4.69, 9.17) is 9.47 Å². The first kappa shape index (κ1) is 23.0. The van der Waals surface area contributed by atoms with Gasteiger partial charge in [0.25, 0.3) is 5.91 Å². The van der Waals surface area contributed by atoms with Crippen LogP contribution in [0.15, 0.2) is 18.2 Å². The second-order valence-electron chi connectivity index (χ2n) is 11.2. The minimum absolute atomic E-state index is 0.122. The SMILES string of the molecule is O=C1CCC(N2Cc3cc(OC4CCCCC4NC4CC5(CCOCC5)C4)ccc3C2=O)C(=O)N1. The van der Waals surface area contributed by atoms with Crippen LogP contribution in [0, 0.1) is 5.41 Å². The molecule has 2 saturated heterocycles. The summed E-state index contributed by atoms with van der Waals surface area (Å²) in [7, 11) is 0. The van der Waals surface area contributed by atoms with Gasteiger partial charge in [0.05, 0.1) is 0 Å². The molecule has 2 aliphatic carbocycles. The maximum atomic E-state index is 13.0. The largest absolute Gasteiger partial charge is 0.489 e. The fraction of sp³-hybridized carbons (Fsp3) is 0.667. The van der Waals surface area contributed by atoms with Crippen molar-refractivity contribution in [2.75, 3.05) is 13.2 Å². The molecule has 1 spiro atoms. The highest BCUT2D eigenvalue weighted by atomic mass is 16.5. The summed E-state index contributed by atoms with van der Waals surface area (Å²) in [6.45, 7) is 2.19. The van der Waals surface area contributed by atoms with Crippen molar-refractivity contribution in [2.24, 2.45) is 5.41 Å². The minimum atomic E-state index is -0.592. The Labute approximate surface area is 206 Å². The van der Waals surface area contributed by atoms with Gasteiger partial charge in [-0.1, -0.05) is 6.42 Å². The molecule has 188 valence electrons. The van der Waals surface area contributed by atoms with Gasteiger partial charge in [0.15, 0.2) is 0 Å². The molecule has 3 heterocycles. The Hall–Kier alpha value is -2.45. The Bertz CT molecular complexity index is 1010. The first-order valence-corrected chi connectivity index (χ1v) is 13.3. The van der Waals surface area contributed by atoms with Crippen molar-refractivity contribution in [3.05, 3.63) is 29.3 Å². The number of hydrogen-bond acceptors (Lipinski definition) is 6. The predicted octanol–water partition coefficient (Wildman–Crippen LogP) is 2.69. The topological polar surface area (TPSA) is 97.0 Å². The highest BCUT2D eigenvalue weighted by molar-refractivity contribution is 6.05. The van der Waals surface area contributed by atoms with Gasteiger partial charge in [-0.05, 0) is 80.5 Å². The second-order valence-corrected chi connectivity index (χ2v) is 11.2. The van der Waals surface area contributed by atoms with Crippen LogP contribution in [0.2, 0.25) is 0 Å². The number of fused-ring (bicyclic) bond motifs is 1. The van der Waals surface area contributed by atoms with Gasteiger partial charge in [-0.2, -0.15) is 0 Å². The van der Waals surface area contributed by atoms with Crippen molar-refractivity contribution in [2.45, 2.75) is 95.0 Å². The monoisotopic (exact) mass is 481 g/mol. The average molecular weight is 482 g/mol. The van der Waals surface area contributed by atoms with Gasteiger partial charge in [0.1, 0.15) is 17.9 Å². The molecule has 8 heteroatoms. The van der Waals surface area contributed by atoms with E-state index in [-0.39, 0.29) is 30.2 Å². The van der Waals surface area contributed by atoms with E-state index in [1.807, 2.05) is 18.2 Å². The number of amides is 3. The van der Waals surface area contributed by atoms with Crippen LogP contribution in [0.5, 0.6) is 5.75 Å². The molecular weight excluding hydrogens is 446 g/mol. The van der Waals surface area contributed by atoms with Crippen LogP contribution < -0.4 is 15.4 Å².